The number of aliphatic hydroxyl groups excluding tert-OH is 1. The highest BCUT2D eigenvalue weighted by Gasteiger charge is 2.35. The summed E-state index contributed by atoms with van der Waals surface area (Å²) in [5, 5.41) is 10.5. The molecule has 1 amide bonds. The van der Waals surface area contributed by atoms with Crippen LogP contribution in [0.3, 0.4) is 0 Å². The molecule has 1 aromatic rings. The number of amides is 1. The molecular formula is C20H28FNO3. The van der Waals surface area contributed by atoms with Gasteiger partial charge in [-0.1, -0.05) is 26.0 Å². The van der Waals surface area contributed by atoms with Gasteiger partial charge >= 0.3 is 0 Å². The average molecular weight is 349 g/mol. The van der Waals surface area contributed by atoms with Gasteiger partial charge in [0.05, 0.1) is 6.10 Å². The molecule has 1 aromatic carbocycles. The molecule has 1 saturated heterocycles. The van der Waals surface area contributed by atoms with Crippen LogP contribution in [0.25, 0.3) is 0 Å². The molecule has 2 rings (SSSR count). The van der Waals surface area contributed by atoms with E-state index >= 15 is 0 Å². The summed E-state index contributed by atoms with van der Waals surface area (Å²) in [5.74, 6) is -0.0792. The van der Waals surface area contributed by atoms with Gasteiger partial charge in [0.15, 0.2) is 0 Å². The van der Waals surface area contributed by atoms with Gasteiger partial charge in [-0.25, -0.2) is 4.39 Å². The predicted octanol–water partition coefficient (Wildman–Crippen LogP) is 3.49. The molecule has 1 atom stereocenters. The van der Waals surface area contributed by atoms with Crippen LogP contribution in [0.1, 0.15) is 58.1 Å². The molecule has 0 radical (unpaired) electrons. The van der Waals surface area contributed by atoms with Crippen molar-refractivity contribution in [2.24, 2.45) is 11.3 Å². The Kier molecular flexibility index (Phi) is 6.33. The number of hydrogen-bond acceptors (Lipinski definition) is 3. The van der Waals surface area contributed by atoms with Gasteiger partial charge in [-0.05, 0) is 49.8 Å². The lowest BCUT2D eigenvalue weighted by atomic mass is 9.83. The Morgan fingerprint density at radius 3 is 2.32 bits per heavy atom. The van der Waals surface area contributed by atoms with Crippen LogP contribution in [-0.4, -0.2) is 34.8 Å². The van der Waals surface area contributed by atoms with Gasteiger partial charge in [0.25, 0.3) is 0 Å². The van der Waals surface area contributed by atoms with Gasteiger partial charge in [-0.15, -0.1) is 0 Å². The Morgan fingerprint density at radius 2 is 1.80 bits per heavy atom. The van der Waals surface area contributed by atoms with E-state index in [9.17, 15) is 19.1 Å². The van der Waals surface area contributed by atoms with Crippen molar-refractivity contribution in [2.75, 3.05) is 13.1 Å². The van der Waals surface area contributed by atoms with Crippen LogP contribution in [0.15, 0.2) is 24.3 Å². The average Bonchev–Trinajstić information content (AvgIpc) is 2.59. The van der Waals surface area contributed by atoms with Crippen LogP contribution in [0.4, 0.5) is 4.39 Å². The van der Waals surface area contributed by atoms with Crippen LogP contribution in [0, 0.1) is 17.2 Å². The second kappa shape index (κ2) is 8.09. The maximum atomic E-state index is 13.0. The number of ketones is 1. The zero-order valence-corrected chi connectivity index (χ0v) is 15.3. The van der Waals surface area contributed by atoms with Crippen LogP contribution in [0.5, 0.6) is 0 Å². The van der Waals surface area contributed by atoms with E-state index in [1.807, 2.05) is 18.7 Å². The molecular weight excluding hydrogens is 321 g/mol. The van der Waals surface area contributed by atoms with Crippen molar-refractivity contribution >= 4 is 11.7 Å². The second-order valence-corrected chi connectivity index (χ2v) is 7.71. The third-order valence-electron chi connectivity index (χ3n) is 5.17. The number of nitrogens with zero attached hydrogens (tertiary/aromatic N) is 1. The molecule has 1 aliphatic rings. The molecule has 1 aliphatic heterocycles. The summed E-state index contributed by atoms with van der Waals surface area (Å²) in [7, 11) is 0. The largest absolute Gasteiger partial charge is 0.388 e. The number of carbonyl (C=O) groups is 2. The summed E-state index contributed by atoms with van der Waals surface area (Å²) in [5.41, 5.74) is 0.168. The zero-order valence-electron chi connectivity index (χ0n) is 15.3. The molecule has 0 spiro atoms. The van der Waals surface area contributed by atoms with Crippen molar-refractivity contribution < 1.29 is 19.1 Å². The van der Waals surface area contributed by atoms with Gasteiger partial charge in [0, 0.05) is 24.9 Å². The zero-order chi connectivity index (χ0) is 18.6. The summed E-state index contributed by atoms with van der Waals surface area (Å²) in [4.78, 5) is 25.8. The number of benzene rings is 1. The first-order chi connectivity index (χ1) is 11.7. The summed E-state index contributed by atoms with van der Waals surface area (Å²) in [6.45, 7) is 6.52. The molecule has 25 heavy (non-hydrogen) atoms. The summed E-state index contributed by atoms with van der Waals surface area (Å²) < 4.78 is 13.0. The molecule has 0 aliphatic carbocycles. The summed E-state index contributed by atoms with van der Waals surface area (Å²) >= 11 is 0. The third kappa shape index (κ3) is 5.11. The van der Waals surface area contributed by atoms with Gasteiger partial charge in [0.2, 0.25) is 5.91 Å². The van der Waals surface area contributed by atoms with Gasteiger partial charge < -0.3 is 14.8 Å². The highest BCUT2D eigenvalue weighted by Crippen LogP contribution is 2.33. The first kappa shape index (κ1) is 19.6. The van der Waals surface area contributed by atoms with Crippen molar-refractivity contribution in [1.29, 1.82) is 0 Å². The fourth-order valence-electron chi connectivity index (χ4n) is 3.37. The van der Waals surface area contributed by atoms with Gasteiger partial charge in [-0.2, -0.15) is 0 Å². The Hall–Kier alpha value is -1.75. The van der Waals surface area contributed by atoms with Crippen molar-refractivity contribution in [1.82, 2.24) is 4.90 Å². The lowest BCUT2D eigenvalue weighted by Crippen LogP contribution is -2.46. The Bertz CT molecular complexity index is 604. The molecule has 4 nitrogen and oxygen atoms in total. The number of rotatable bonds is 6. The van der Waals surface area contributed by atoms with Crippen LogP contribution >= 0.6 is 0 Å². The SMILES string of the molecule is CC(=O)CCC(C)(C)C(=O)N1CCC(C(O)c2ccc(F)cc2)CC1. The van der Waals surface area contributed by atoms with Crippen molar-refractivity contribution in [3.63, 3.8) is 0 Å². The van der Waals surface area contributed by atoms with Gasteiger partial charge in [0.1, 0.15) is 11.6 Å². The number of hydrogen-bond donors (Lipinski definition) is 1. The number of piperidine rings is 1. The number of likely N-dealkylation sites (tertiary alicyclic amines) is 1. The minimum absolute atomic E-state index is 0.0647. The predicted molar refractivity (Wildman–Crippen MR) is 94.4 cm³/mol. The minimum atomic E-state index is -0.636. The molecule has 0 saturated carbocycles. The second-order valence-electron chi connectivity index (χ2n) is 7.71. The van der Waals surface area contributed by atoms with Crippen molar-refractivity contribution in [3.05, 3.63) is 35.6 Å². The van der Waals surface area contributed by atoms with E-state index in [4.69, 9.17) is 0 Å². The van der Waals surface area contributed by atoms with E-state index in [2.05, 4.69) is 0 Å². The van der Waals surface area contributed by atoms with E-state index in [0.717, 1.165) is 0 Å². The third-order valence-corrected chi connectivity index (χ3v) is 5.17. The van der Waals surface area contributed by atoms with E-state index in [1.165, 1.54) is 12.1 Å². The van der Waals surface area contributed by atoms with Crippen molar-refractivity contribution in [2.45, 2.75) is 52.6 Å². The van der Waals surface area contributed by atoms with Crippen LogP contribution in [0.2, 0.25) is 0 Å². The number of carbonyl (C=O) groups excluding carboxylic acids is 2. The maximum Gasteiger partial charge on any atom is 0.228 e. The normalized spacial score (nSPS) is 17.4. The van der Waals surface area contributed by atoms with Crippen molar-refractivity contribution in [3.8, 4) is 0 Å². The summed E-state index contributed by atoms with van der Waals surface area (Å²) in [6.07, 6.45) is 1.77. The van der Waals surface area contributed by atoms with E-state index in [-0.39, 0.29) is 23.4 Å². The topological polar surface area (TPSA) is 57.6 Å². The Balaban J connectivity index is 1.91. The fourth-order valence-corrected chi connectivity index (χ4v) is 3.37. The number of aliphatic hydroxyl groups is 1. The summed E-state index contributed by atoms with van der Waals surface area (Å²) in [6, 6.07) is 5.94. The molecule has 0 bridgehead atoms. The molecule has 138 valence electrons. The molecule has 1 fully saturated rings. The van der Waals surface area contributed by atoms with E-state index in [1.54, 1.807) is 19.1 Å². The first-order valence-electron chi connectivity index (χ1n) is 8.93. The first-order valence-corrected chi connectivity index (χ1v) is 8.93. The highest BCUT2D eigenvalue weighted by molar-refractivity contribution is 5.83. The standard InChI is InChI=1S/C20H28FNO3/c1-14(23)8-11-20(2,3)19(25)22-12-9-16(10-13-22)18(24)15-4-6-17(21)7-5-15/h4-7,16,18,24H,8-13H2,1-3H3. The quantitative estimate of drug-likeness (QED) is 0.855. The monoisotopic (exact) mass is 349 g/mol. The van der Waals surface area contributed by atoms with E-state index in [0.29, 0.717) is 44.3 Å². The molecule has 1 unspecified atom stereocenters. The van der Waals surface area contributed by atoms with Crippen LogP contribution in [-0.2, 0) is 9.59 Å². The number of halogens is 1. The smallest absolute Gasteiger partial charge is 0.228 e. The molecule has 5 heteroatoms. The fraction of sp³-hybridized carbons (Fsp3) is 0.600. The molecule has 1 N–H and O–H groups in total. The Morgan fingerprint density at radius 1 is 1.24 bits per heavy atom. The molecule has 1 heterocycles. The van der Waals surface area contributed by atoms with Gasteiger partial charge in [-0.3, -0.25) is 4.79 Å². The maximum absolute atomic E-state index is 13.0. The van der Waals surface area contributed by atoms with Crippen LogP contribution < -0.4 is 0 Å². The minimum Gasteiger partial charge on any atom is -0.388 e. The van der Waals surface area contributed by atoms with E-state index < -0.39 is 11.5 Å². The number of Topliss-reactive ketones (excluding diaryl/α,β-unsaturated/α-hetero) is 1. The Labute approximate surface area is 149 Å². The highest BCUT2D eigenvalue weighted by atomic mass is 19.1. The molecule has 0 aromatic heterocycles. The lowest BCUT2D eigenvalue weighted by Gasteiger charge is -2.38. The lowest BCUT2D eigenvalue weighted by molar-refractivity contribution is -0.143.